The van der Waals surface area contributed by atoms with Gasteiger partial charge >= 0.3 is 0 Å². The molecule has 0 radical (unpaired) electrons. The van der Waals surface area contributed by atoms with Gasteiger partial charge in [-0.25, -0.2) is 0 Å². The highest BCUT2D eigenvalue weighted by molar-refractivity contribution is 5.79. The third-order valence-electron chi connectivity index (χ3n) is 3.99. The number of rotatable bonds is 9. The van der Waals surface area contributed by atoms with Crippen molar-refractivity contribution in [3.05, 3.63) is 35.9 Å². The van der Waals surface area contributed by atoms with E-state index in [1.165, 1.54) is 5.56 Å². The summed E-state index contributed by atoms with van der Waals surface area (Å²) in [4.78, 5) is 4.62. The molecule has 1 aliphatic rings. The fraction of sp³-hybridized carbons (Fsp3) is 0.632. The second-order valence-electron chi connectivity index (χ2n) is 5.96. The maximum Gasteiger partial charge on any atom is 0.191 e. The molecule has 5 heteroatoms. The minimum atomic E-state index is 0.375. The first-order valence-electron chi connectivity index (χ1n) is 9.14. The van der Waals surface area contributed by atoms with E-state index >= 15 is 0 Å². The van der Waals surface area contributed by atoms with Crippen LogP contribution in [0.2, 0.25) is 0 Å². The Hall–Kier alpha value is -1.59. The van der Waals surface area contributed by atoms with Crippen LogP contribution in [0, 0.1) is 0 Å². The molecular weight excluding hydrogens is 302 g/mol. The highest BCUT2D eigenvalue weighted by Gasteiger charge is 2.13. The lowest BCUT2D eigenvalue weighted by Crippen LogP contribution is -2.38. The predicted octanol–water partition coefficient (Wildman–Crippen LogP) is 2.37. The van der Waals surface area contributed by atoms with Gasteiger partial charge in [-0.1, -0.05) is 30.3 Å². The van der Waals surface area contributed by atoms with E-state index in [1.54, 1.807) is 0 Å². The van der Waals surface area contributed by atoms with Crippen molar-refractivity contribution in [3.63, 3.8) is 0 Å². The topological polar surface area (TPSA) is 54.9 Å². The fourth-order valence-electron chi connectivity index (χ4n) is 2.66. The molecule has 2 N–H and O–H groups in total. The van der Waals surface area contributed by atoms with E-state index in [2.05, 4.69) is 46.8 Å². The molecule has 2 rings (SSSR count). The Morgan fingerprint density at radius 2 is 2.00 bits per heavy atom. The van der Waals surface area contributed by atoms with Crippen LogP contribution in [-0.2, 0) is 15.9 Å². The molecule has 1 aliphatic heterocycles. The maximum absolute atomic E-state index is 5.87. The summed E-state index contributed by atoms with van der Waals surface area (Å²) in [7, 11) is 0. The molecule has 1 aromatic carbocycles. The molecule has 24 heavy (non-hydrogen) atoms. The average Bonchev–Trinajstić information content (AvgIpc) is 2.63. The summed E-state index contributed by atoms with van der Waals surface area (Å²) < 4.78 is 11.2. The SMILES string of the molecule is CCNC(=NCCCOC1CCOCC1)NCCc1ccccc1. The number of aliphatic imine (C=N–C) groups is 1. The number of hydrogen-bond donors (Lipinski definition) is 2. The highest BCUT2D eigenvalue weighted by atomic mass is 16.5. The van der Waals surface area contributed by atoms with Gasteiger partial charge in [0.25, 0.3) is 0 Å². The molecule has 5 nitrogen and oxygen atoms in total. The van der Waals surface area contributed by atoms with Gasteiger partial charge in [-0.05, 0) is 38.2 Å². The summed E-state index contributed by atoms with van der Waals surface area (Å²) in [6.07, 6.45) is 4.37. The van der Waals surface area contributed by atoms with Gasteiger partial charge in [-0.3, -0.25) is 4.99 Å². The second kappa shape index (κ2) is 11.9. The molecule has 0 spiro atoms. The standard InChI is InChI=1S/C19H31N3O2/c1-2-20-19(22-13-9-17-7-4-3-5-8-17)21-12-6-14-24-18-10-15-23-16-11-18/h3-5,7-8,18H,2,6,9-16H2,1H3,(H2,20,21,22). The Morgan fingerprint density at radius 1 is 1.21 bits per heavy atom. The van der Waals surface area contributed by atoms with Crippen LogP contribution in [0.5, 0.6) is 0 Å². The van der Waals surface area contributed by atoms with Crippen molar-refractivity contribution >= 4 is 5.96 Å². The first kappa shape index (κ1) is 18.7. The van der Waals surface area contributed by atoms with Crippen molar-refractivity contribution < 1.29 is 9.47 Å². The van der Waals surface area contributed by atoms with Crippen LogP contribution < -0.4 is 10.6 Å². The molecule has 0 amide bonds. The van der Waals surface area contributed by atoms with E-state index in [-0.39, 0.29) is 0 Å². The van der Waals surface area contributed by atoms with Gasteiger partial charge in [-0.2, -0.15) is 0 Å². The van der Waals surface area contributed by atoms with Crippen molar-refractivity contribution in [2.24, 2.45) is 4.99 Å². The zero-order valence-corrected chi connectivity index (χ0v) is 14.8. The van der Waals surface area contributed by atoms with Crippen molar-refractivity contribution in [1.29, 1.82) is 0 Å². The molecule has 0 atom stereocenters. The van der Waals surface area contributed by atoms with Crippen molar-refractivity contribution in [3.8, 4) is 0 Å². The van der Waals surface area contributed by atoms with Crippen LogP contribution in [0.15, 0.2) is 35.3 Å². The molecule has 0 aromatic heterocycles. The first-order valence-corrected chi connectivity index (χ1v) is 9.14. The number of nitrogens with one attached hydrogen (secondary N) is 2. The molecule has 1 heterocycles. The second-order valence-corrected chi connectivity index (χ2v) is 5.96. The molecule has 1 saturated heterocycles. The van der Waals surface area contributed by atoms with E-state index in [0.717, 1.165) is 71.1 Å². The van der Waals surface area contributed by atoms with Crippen LogP contribution in [0.25, 0.3) is 0 Å². The van der Waals surface area contributed by atoms with Crippen LogP contribution in [0.3, 0.4) is 0 Å². The highest BCUT2D eigenvalue weighted by Crippen LogP contribution is 2.10. The van der Waals surface area contributed by atoms with Crippen LogP contribution in [-0.4, -0.2) is 51.5 Å². The quantitative estimate of drug-likeness (QED) is 0.414. The van der Waals surface area contributed by atoms with Gasteiger partial charge < -0.3 is 20.1 Å². The number of guanidine groups is 1. The number of nitrogens with zero attached hydrogens (tertiary/aromatic N) is 1. The Bertz CT molecular complexity index is 459. The van der Waals surface area contributed by atoms with E-state index in [9.17, 15) is 0 Å². The van der Waals surface area contributed by atoms with Crippen molar-refractivity contribution in [2.45, 2.75) is 38.7 Å². The maximum atomic E-state index is 5.87. The lowest BCUT2D eigenvalue weighted by molar-refractivity contribution is -0.0318. The predicted molar refractivity (Wildman–Crippen MR) is 98.5 cm³/mol. The molecule has 134 valence electrons. The summed E-state index contributed by atoms with van der Waals surface area (Å²) in [5, 5.41) is 6.68. The van der Waals surface area contributed by atoms with Gasteiger partial charge in [0, 0.05) is 39.5 Å². The monoisotopic (exact) mass is 333 g/mol. The van der Waals surface area contributed by atoms with E-state index in [0.29, 0.717) is 6.10 Å². The van der Waals surface area contributed by atoms with E-state index in [4.69, 9.17) is 9.47 Å². The summed E-state index contributed by atoms with van der Waals surface area (Å²) in [6, 6.07) is 10.5. The average molecular weight is 333 g/mol. The van der Waals surface area contributed by atoms with Crippen molar-refractivity contribution in [2.75, 3.05) is 39.5 Å². The Balaban J connectivity index is 1.60. The summed E-state index contributed by atoms with van der Waals surface area (Å²) >= 11 is 0. The van der Waals surface area contributed by atoms with Gasteiger partial charge in [0.15, 0.2) is 5.96 Å². The minimum Gasteiger partial charge on any atom is -0.381 e. The smallest absolute Gasteiger partial charge is 0.191 e. The number of ether oxygens (including phenoxy) is 2. The Kier molecular flexibility index (Phi) is 9.27. The number of hydrogen-bond acceptors (Lipinski definition) is 3. The summed E-state index contributed by atoms with van der Waals surface area (Å²) in [5.74, 6) is 0.888. The lowest BCUT2D eigenvalue weighted by Gasteiger charge is -2.22. The number of benzene rings is 1. The molecule has 1 fully saturated rings. The minimum absolute atomic E-state index is 0.375. The summed E-state index contributed by atoms with van der Waals surface area (Å²) in [6.45, 7) is 7.06. The van der Waals surface area contributed by atoms with Crippen LogP contribution >= 0.6 is 0 Å². The van der Waals surface area contributed by atoms with E-state index < -0.39 is 0 Å². The summed E-state index contributed by atoms with van der Waals surface area (Å²) in [5.41, 5.74) is 1.34. The zero-order chi connectivity index (χ0) is 16.9. The van der Waals surface area contributed by atoms with Crippen molar-refractivity contribution in [1.82, 2.24) is 10.6 Å². The zero-order valence-electron chi connectivity index (χ0n) is 14.8. The normalized spacial score (nSPS) is 16.1. The van der Waals surface area contributed by atoms with Crippen LogP contribution in [0.4, 0.5) is 0 Å². The Morgan fingerprint density at radius 3 is 2.75 bits per heavy atom. The molecule has 1 aromatic rings. The molecular formula is C19H31N3O2. The molecule has 0 unspecified atom stereocenters. The van der Waals surface area contributed by atoms with E-state index in [1.807, 2.05) is 6.07 Å². The van der Waals surface area contributed by atoms with Gasteiger partial charge in [-0.15, -0.1) is 0 Å². The molecule has 0 bridgehead atoms. The third kappa shape index (κ3) is 7.79. The third-order valence-corrected chi connectivity index (χ3v) is 3.99. The van der Waals surface area contributed by atoms with Gasteiger partial charge in [0.1, 0.15) is 0 Å². The lowest BCUT2D eigenvalue weighted by atomic mass is 10.1. The Labute approximate surface area is 145 Å². The molecule has 0 saturated carbocycles. The first-order chi connectivity index (χ1) is 11.9. The molecule has 0 aliphatic carbocycles. The van der Waals surface area contributed by atoms with Gasteiger partial charge in [0.2, 0.25) is 0 Å². The van der Waals surface area contributed by atoms with Gasteiger partial charge in [0.05, 0.1) is 6.10 Å². The van der Waals surface area contributed by atoms with Crippen LogP contribution in [0.1, 0.15) is 31.7 Å². The fourth-order valence-corrected chi connectivity index (χ4v) is 2.66. The largest absolute Gasteiger partial charge is 0.381 e.